The highest BCUT2D eigenvalue weighted by molar-refractivity contribution is 6.82. The van der Waals surface area contributed by atoms with E-state index in [-0.39, 0.29) is 0 Å². The van der Waals surface area contributed by atoms with Gasteiger partial charge in [-0.3, -0.25) is 0 Å². The quantitative estimate of drug-likeness (QED) is 0.704. The van der Waals surface area contributed by atoms with Crippen LogP contribution in [0.4, 0.5) is 0 Å². The number of halogens is 1. The zero-order valence-corrected chi connectivity index (χ0v) is 14.5. The fraction of sp³-hybridized carbons (Fsp3) is 0.600. The summed E-state index contributed by atoms with van der Waals surface area (Å²) in [6.45, 7) is 14.3. The number of fused-ring (bicyclic) bond motifs is 1. The third kappa shape index (κ3) is 1.98. The summed E-state index contributed by atoms with van der Waals surface area (Å²) in [5, 5.41) is 1.98. The minimum absolute atomic E-state index is 0.685. The monoisotopic (exact) mass is 296 g/mol. The number of hydrogen-bond acceptors (Lipinski definition) is 0. The number of aromatic nitrogens is 2. The Kier molecular flexibility index (Phi) is 3.89. The lowest BCUT2D eigenvalue weighted by molar-refractivity contribution is 0.771. The molecule has 2 aromatic rings. The SMILES string of the molecule is CC(C)[Si](C(C)C)(C(C)C)n1ccc2c(Cl)c[nH]c21. The molecular weight excluding hydrogens is 272 g/mol. The van der Waals surface area contributed by atoms with Gasteiger partial charge in [-0.2, -0.15) is 0 Å². The van der Waals surface area contributed by atoms with Gasteiger partial charge >= 0.3 is 0 Å². The van der Waals surface area contributed by atoms with Crippen LogP contribution in [0.5, 0.6) is 0 Å². The molecule has 1 N–H and O–H groups in total. The van der Waals surface area contributed by atoms with Crippen molar-refractivity contribution in [1.29, 1.82) is 0 Å². The summed E-state index contributed by atoms with van der Waals surface area (Å²) in [5.74, 6) is 0. The molecule has 0 saturated carbocycles. The van der Waals surface area contributed by atoms with Crippen molar-refractivity contribution in [1.82, 2.24) is 9.22 Å². The molecule has 0 spiro atoms. The van der Waals surface area contributed by atoms with E-state index in [4.69, 9.17) is 11.6 Å². The molecule has 0 bridgehead atoms. The standard InChI is InChI=1S/C15H25ClN2Si/c1-10(2)19(11(3)4,12(5)6)18-8-7-13-14(16)9-17-15(13)18/h7-12,17H,1-6H3. The van der Waals surface area contributed by atoms with E-state index >= 15 is 0 Å². The second kappa shape index (κ2) is 5.02. The second-order valence-corrected chi connectivity index (χ2v) is 12.6. The van der Waals surface area contributed by atoms with Gasteiger partial charge in [-0.05, 0) is 28.9 Å². The van der Waals surface area contributed by atoms with Gasteiger partial charge in [0.25, 0.3) is 0 Å². The molecule has 0 amide bonds. The topological polar surface area (TPSA) is 20.7 Å². The van der Waals surface area contributed by atoms with E-state index in [0.29, 0.717) is 16.6 Å². The summed E-state index contributed by atoms with van der Waals surface area (Å²) in [4.78, 5) is 3.37. The number of nitrogens with zero attached hydrogens (tertiary/aromatic N) is 1. The van der Waals surface area contributed by atoms with Crippen molar-refractivity contribution in [3.63, 3.8) is 0 Å². The minimum Gasteiger partial charge on any atom is -0.360 e. The molecule has 0 aliphatic carbocycles. The molecule has 0 saturated heterocycles. The van der Waals surface area contributed by atoms with Gasteiger partial charge in [0.15, 0.2) is 8.24 Å². The highest BCUT2D eigenvalue weighted by atomic mass is 35.5. The maximum atomic E-state index is 6.25. The van der Waals surface area contributed by atoms with Crippen molar-refractivity contribution in [3.05, 3.63) is 23.5 Å². The molecule has 2 nitrogen and oxygen atoms in total. The third-order valence-corrected chi connectivity index (χ3v) is 11.7. The molecule has 0 radical (unpaired) electrons. The first-order chi connectivity index (χ1) is 8.83. The minimum atomic E-state index is -1.68. The van der Waals surface area contributed by atoms with E-state index < -0.39 is 8.24 Å². The molecule has 0 atom stereocenters. The average molecular weight is 297 g/mol. The van der Waals surface area contributed by atoms with Crippen molar-refractivity contribution in [2.45, 2.75) is 58.2 Å². The number of aromatic amines is 1. The predicted molar refractivity (Wildman–Crippen MR) is 87.7 cm³/mol. The zero-order valence-electron chi connectivity index (χ0n) is 12.8. The number of hydrogen-bond donors (Lipinski definition) is 1. The van der Waals surface area contributed by atoms with Crippen LogP contribution in [0, 0.1) is 0 Å². The maximum Gasteiger partial charge on any atom is 0.171 e. The van der Waals surface area contributed by atoms with Crippen molar-refractivity contribution in [3.8, 4) is 0 Å². The summed E-state index contributed by atoms with van der Waals surface area (Å²) >= 11 is 6.25. The van der Waals surface area contributed by atoms with Gasteiger partial charge in [0, 0.05) is 11.6 Å². The van der Waals surface area contributed by atoms with E-state index in [1.807, 2.05) is 6.20 Å². The van der Waals surface area contributed by atoms with Crippen molar-refractivity contribution in [2.24, 2.45) is 0 Å². The van der Waals surface area contributed by atoms with Crippen LogP contribution in [0.3, 0.4) is 0 Å². The van der Waals surface area contributed by atoms with Crippen molar-refractivity contribution in [2.75, 3.05) is 0 Å². The van der Waals surface area contributed by atoms with Crippen molar-refractivity contribution < 1.29 is 0 Å². The van der Waals surface area contributed by atoms with Gasteiger partial charge in [-0.25, -0.2) is 0 Å². The van der Waals surface area contributed by atoms with Crippen LogP contribution in [-0.4, -0.2) is 17.5 Å². The Morgan fingerprint density at radius 2 is 1.58 bits per heavy atom. The number of nitrogens with one attached hydrogen (secondary N) is 1. The van der Waals surface area contributed by atoms with Gasteiger partial charge in [0.2, 0.25) is 0 Å². The fourth-order valence-electron chi connectivity index (χ4n) is 4.14. The Morgan fingerprint density at radius 3 is 2.05 bits per heavy atom. The fourth-order valence-corrected chi connectivity index (χ4v) is 10.9. The smallest absolute Gasteiger partial charge is 0.171 e. The van der Waals surface area contributed by atoms with E-state index in [0.717, 1.165) is 10.4 Å². The highest BCUT2D eigenvalue weighted by Gasteiger charge is 2.45. The highest BCUT2D eigenvalue weighted by Crippen LogP contribution is 2.44. The second-order valence-electron chi connectivity index (χ2n) is 6.44. The molecule has 19 heavy (non-hydrogen) atoms. The Balaban J connectivity index is 2.74. The first-order valence-corrected chi connectivity index (χ1v) is 9.73. The maximum absolute atomic E-state index is 6.25. The molecule has 2 heterocycles. The molecule has 4 heteroatoms. The van der Waals surface area contributed by atoms with Crippen LogP contribution in [0.25, 0.3) is 11.0 Å². The third-order valence-electron chi connectivity index (χ3n) is 4.67. The Labute approximate surface area is 122 Å². The summed E-state index contributed by atoms with van der Waals surface area (Å²) in [5.41, 5.74) is 3.26. The predicted octanol–water partition coefficient (Wildman–Crippen LogP) is 5.65. The van der Waals surface area contributed by atoms with Gasteiger partial charge < -0.3 is 9.22 Å². The van der Waals surface area contributed by atoms with E-state index in [1.165, 1.54) is 5.65 Å². The van der Waals surface area contributed by atoms with Crippen LogP contribution in [0.1, 0.15) is 41.5 Å². The molecule has 2 rings (SSSR count). The van der Waals surface area contributed by atoms with Crippen LogP contribution < -0.4 is 0 Å². The molecule has 0 unspecified atom stereocenters. The summed E-state index contributed by atoms with van der Waals surface area (Å²) in [7, 11) is -1.68. The van der Waals surface area contributed by atoms with Crippen molar-refractivity contribution >= 4 is 30.9 Å². The largest absolute Gasteiger partial charge is 0.360 e. The Hall–Kier alpha value is -0.673. The molecule has 0 fully saturated rings. The Morgan fingerprint density at radius 1 is 1.05 bits per heavy atom. The molecule has 106 valence electrons. The van der Waals surface area contributed by atoms with E-state index in [2.05, 4.69) is 63.0 Å². The lowest BCUT2D eigenvalue weighted by Gasteiger charge is -2.44. The molecule has 0 aliphatic rings. The summed E-state index contributed by atoms with van der Waals surface area (Å²) in [6.07, 6.45) is 4.15. The van der Waals surface area contributed by atoms with Gasteiger partial charge in [-0.1, -0.05) is 53.1 Å². The van der Waals surface area contributed by atoms with Gasteiger partial charge in [-0.15, -0.1) is 0 Å². The lowest BCUT2D eigenvalue weighted by Crippen LogP contribution is -2.51. The summed E-state index contributed by atoms with van der Waals surface area (Å²) in [6, 6.07) is 2.16. The average Bonchev–Trinajstić information content (AvgIpc) is 2.83. The van der Waals surface area contributed by atoms with Crippen LogP contribution in [-0.2, 0) is 0 Å². The van der Waals surface area contributed by atoms with Gasteiger partial charge in [0.1, 0.15) is 5.65 Å². The first-order valence-electron chi connectivity index (χ1n) is 7.17. The molecule has 0 aromatic carbocycles. The van der Waals surface area contributed by atoms with E-state index in [1.54, 1.807) is 0 Å². The zero-order chi connectivity index (χ0) is 14.4. The van der Waals surface area contributed by atoms with Crippen LogP contribution in [0.2, 0.25) is 21.6 Å². The Bertz CT molecular complexity index is 544. The normalized spacial score (nSPS) is 13.4. The lowest BCUT2D eigenvalue weighted by atomic mass is 10.4. The molecule has 2 aromatic heterocycles. The molecule has 0 aliphatic heterocycles. The van der Waals surface area contributed by atoms with Gasteiger partial charge in [0.05, 0.1) is 5.02 Å². The first kappa shape index (κ1) is 14.7. The van der Waals surface area contributed by atoms with E-state index in [9.17, 15) is 0 Å². The summed E-state index contributed by atoms with van der Waals surface area (Å²) < 4.78 is 2.55. The van der Waals surface area contributed by atoms with Crippen LogP contribution in [0.15, 0.2) is 18.5 Å². The number of H-pyrrole nitrogens is 1. The number of rotatable bonds is 4. The van der Waals surface area contributed by atoms with Crippen LogP contribution >= 0.6 is 11.6 Å². The molecular formula is C15H25ClN2Si.